The van der Waals surface area contributed by atoms with Crippen molar-refractivity contribution in [3.05, 3.63) is 30.1 Å². The summed E-state index contributed by atoms with van der Waals surface area (Å²) in [6.45, 7) is 6.71. The highest BCUT2D eigenvalue weighted by molar-refractivity contribution is 5.97. The lowest BCUT2D eigenvalue weighted by Crippen LogP contribution is -2.58. The van der Waals surface area contributed by atoms with E-state index in [1.165, 1.54) is 0 Å². The van der Waals surface area contributed by atoms with Crippen LogP contribution in [0.1, 0.15) is 88.9 Å². The Kier molecular flexibility index (Phi) is 4.81. The number of carbonyl (C=O) groups is 2. The molecule has 0 unspecified atom stereocenters. The van der Waals surface area contributed by atoms with Crippen molar-refractivity contribution in [3.8, 4) is 0 Å². The summed E-state index contributed by atoms with van der Waals surface area (Å²) in [7, 11) is 0. The zero-order valence-corrected chi connectivity index (χ0v) is 19.5. The summed E-state index contributed by atoms with van der Waals surface area (Å²) < 4.78 is 0. The molecule has 0 saturated heterocycles. The van der Waals surface area contributed by atoms with Crippen LogP contribution in [0.15, 0.2) is 29.6 Å². The number of rotatable bonds is 3. The first-order valence-electron chi connectivity index (χ1n) is 12.1. The SMILES string of the molecule is C[C@@]12CC[C@@H]3[C@@](CC[C@H]4[C@@]3(C)CCC[C@@]4(C)C(=O)O)(C/C1=N/NC(=O)c1ccncc1)C2. The predicted octanol–water partition coefficient (Wildman–Crippen LogP) is 5.06. The highest BCUT2D eigenvalue weighted by Crippen LogP contribution is 2.73. The largest absolute Gasteiger partial charge is 0.481 e. The fraction of sp³-hybridized carbons (Fsp3) is 0.692. The maximum absolute atomic E-state index is 12.6. The van der Waals surface area contributed by atoms with Crippen molar-refractivity contribution >= 4 is 17.6 Å². The third-order valence-electron chi connectivity index (χ3n) is 10.1. The summed E-state index contributed by atoms with van der Waals surface area (Å²) in [5, 5.41) is 14.8. The monoisotopic (exact) mass is 437 g/mol. The standard InChI is InChI=1S/C26H35N3O3/c1-23-11-5-19-24(2)9-4-10-25(3,22(31)32)18(24)6-12-26(19,16-23)15-20(23)28-29-21(30)17-7-13-27-14-8-17/h7-8,13-14,18-19H,4-6,9-12,15-16H2,1-3H3,(H,29,30)(H,31,32)/b28-20-/t18-,19-,23-,24+,25+,26-/m0/s1. The van der Waals surface area contributed by atoms with Crippen LogP contribution in [-0.2, 0) is 4.79 Å². The van der Waals surface area contributed by atoms with Gasteiger partial charge >= 0.3 is 5.97 Å². The van der Waals surface area contributed by atoms with Gasteiger partial charge < -0.3 is 5.11 Å². The number of amides is 1. The minimum atomic E-state index is -0.613. The number of nitrogens with zero attached hydrogens (tertiary/aromatic N) is 2. The second-order valence-electron chi connectivity index (χ2n) is 11.8. The molecule has 4 saturated carbocycles. The average molecular weight is 438 g/mol. The van der Waals surface area contributed by atoms with Crippen molar-refractivity contribution in [1.29, 1.82) is 0 Å². The Morgan fingerprint density at radius 3 is 2.50 bits per heavy atom. The number of carboxylic acids is 1. The van der Waals surface area contributed by atoms with Crippen molar-refractivity contribution in [2.75, 3.05) is 0 Å². The smallest absolute Gasteiger partial charge is 0.309 e. The van der Waals surface area contributed by atoms with E-state index in [0.29, 0.717) is 11.5 Å². The number of hydrogen-bond acceptors (Lipinski definition) is 4. The van der Waals surface area contributed by atoms with Gasteiger partial charge in [0.1, 0.15) is 0 Å². The molecule has 6 nitrogen and oxygen atoms in total. The highest BCUT2D eigenvalue weighted by atomic mass is 16.4. The fourth-order valence-corrected chi connectivity index (χ4v) is 8.64. The van der Waals surface area contributed by atoms with Crippen LogP contribution in [0.4, 0.5) is 0 Å². The van der Waals surface area contributed by atoms with Gasteiger partial charge in [-0.2, -0.15) is 5.10 Å². The molecule has 1 spiro atoms. The molecule has 6 atom stereocenters. The quantitative estimate of drug-likeness (QED) is 0.647. The van der Waals surface area contributed by atoms with Crippen molar-refractivity contribution < 1.29 is 14.7 Å². The van der Waals surface area contributed by atoms with Gasteiger partial charge in [-0.15, -0.1) is 0 Å². The molecule has 6 heteroatoms. The number of fused-ring (bicyclic) bond motifs is 3. The van der Waals surface area contributed by atoms with E-state index in [-0.39, 0.29) is 28.1 Å². The van der Waals surface area contributed by atoms with E-state index < -0.39 is 11.4 Å². The van der Waals surface area contributed by atoms with Gasteiger partial charge in [0.15, 0.2) is 0 Å². The lowest BCUT2D eigenvalue weighted by molar-refractivity contribution is -0.182. The number of hydrazone groups is 1. The van der Waals surface area contributed by atoms with E-state index in [9.17, 15) is 14.7 Å². The van der Waals surface area contributed by atoms with Crippen LogP contribution in [0, 0.1) is 33.5 Å². The molecule has 2 bridgehead atoms. The summed E-state index contributed by atoms with van der Waals surface area (Å²) >= 11 is 0. The van der Waals surface area contributed by atoms with Crippen molar-refractivity contribution in [3.63, 3.8) is 0 Å². The topological polar surface area (TPSA) is 91.6 Å². The first kappa shape index (κ1) is 21.6. The van der Waals surface area contributed by atoms with E-state index in [4.69, 9.17) is 0 Å². The summed E-state index contributed by atoms with van der Waals surface area (Å²) in [5.41, 5.74) is 4.17. The van der Waals surface area contributed by atoms with Gasteiger partial charge in [0, 0.05) is 29.1 Å². The van der Waals surface area contributed by atoms with Crippen LogP contribution < -0.4 is 5.43 Å². The summed E-state index contributed by atoms with van der Waals surface area (Å²) in [5.74, 6) is -0.0327. The Morgan fingerprint density at radius 2 is 1.78 bits per heavy atom. The van der Waals surface area contributed by atoms with Crippen molar-refractivity contribution in [2.24, 2.45) is 38.6 Å². The van der Waals surface area contributed by atoms with Gasteiger partial charge in [-0.1, -0.05) is 20.3 Å². The third-order valence-corrected chi connectivity index (χ3v) is 10.1. The minimum Gasteiger partial charge on any atom is -0.481 e. The average Bonchev–Trinajstić information content (AvgIpc) is 2.96. The van der Waals surface area contributed by atoms with Crippen LogP contribution in [0.2, 0.25) is 0 Å². The Bertz CT molecular complexity index is 978. The van der Waals surface area contributed by atoms with E-state index in [1.807, 2.05) is 6.92 Å². The summed E-state index contributed by atoms with van der Waals surface area (Å²) in [6.07, 6.45) is 12.5. The van der Waals surface area contributed by atoms with Gasteiger partial charge in [0.05, 0.1) is 5.41 Å². The molecule has 4 fully saturated rings. The number of aliphatic carboxylic acids is 1. The molecule has 1 aromatic heterocycles. The van der Waals surface area contributed by atoms with Crippen molar-refractivity contribution in [2.45, 2.75) is 78.6 Å². The predicted molar refractivity (Wildman–Crippen MR) is 122 cm³/mol. The fourth-order valence-electron chi connectivity index (χ4n) is 8.64. The molecule has 1 heterocycles. The first-order valence-corrected chi connectivity index (χ1v) is 12.1. The molecule has 32 heavy (non-hydrogen) atoms. The number of aromatic nitrogens is 1. The molecule has 0 aromatic carbocycles. The number of pyridine rings is 1. The number of carbonyl (C=O) groups excluding carboxylic acids is 1. The second-order valence-corrected chi connectivity index (χ2v) is 11.8. The lowest BCUT2D eigenvalue weighted by Gasteiger charge is -2.63. The lowest BCUT2D eigenvalue weighted by atomic mass is 9.40. The third kappa shape index (κ3) is 2.97. The number of carboxylic acid groups (broad SMARTS) is 1. The van der Waals surface area contributed by atoms with Gasteiger partial charge in [0.2, 0.25) is 0 Å². The Hall–Kier alpha value is -2.24. The van der Waals surface area contributed by atoms with Crippen molar-refractivity contribution in [1.82, 2.24) is 10.4 Å². The van der Waals surface area contributed by atoms with Crippen LogP contribution in [0.25, 0.3) is 0 Å². The normalized spacial score (nSPS) is 43.9. The first-order chi connectivity index (χ1) is 15.1. The van der Waals surface area contributed by atoms with Gasteiger partial charge in [-0.25, -0.2) is 5.43 Å². The number of hydrogen-bond donors (Lipinski definition) is 2. The van der Waals surface area contributed by atoms with Crippen LogP contribution >= 0.6 is 0 Å². The maximum atomic E-state index is 12.6. The maximum Gasteiger partial charge on any atom is 0.309 e. The van der Waals surface area contributed by atoms with Gasteiger partial charge in [-0.05, 0) is 93.1 Å². The molecular weight excluding hydrogens is 402 g/mol. The number of nitrogens with one attached hydrogen (secondary N) is 1. The second kappa shape index (κ2) is 7.13. The Morgan fingerprint density at radius 1 is 1.06 bits per heavy atom. The summed E-state index contributed by atoms with van der Waals surface area (Å²) in [4.78, 5) is 28.8. The molecule has 0 aliphatic heterocycles. The molecular formula is C26H35N3O3. The van der Waals surface area contributed by atoms with Gasteiger partial charge in [0.25, 0.3) is 5.91 Å². The van der Waals surface area contributed by atoms with Crippen LogP contribution in [0.3, 0.4) is 0 Å². The van der Waals surface area contributed by atoms with E-state index in [0.717, 1.165) is 63.5 Å². The zero-order valence-electron chi connectivity index (χ0n) is 19.5. The molecule has 0 radical (unpaired) electrons. The molecule has 1 aromatic rings. The van der Waals surface area contributed by atoms with E-state index >= 15 is 0 Å². The molecule has 4 aliphatic rings. The minimum absolute atomic E-state index is 0.0238. The molecule has 4 aliphatic carbocycles. The molecule has 2 N–H and O–H groups in total. The van der Waals surface area contributed by atoms with Crippen LogP contribution in [-0.4, -0.2) is 27.7 Å². The van der Waals surface area contributed by atoms with Gasteiger partial charge in [-0.3, -0.25) is 14.6 Å². The molecule has 1 amide bonds. The van der Waals surface area contributed by atoms with E-state index in [1.54, 1.807) is 24.5 Å². The van der Waals surface area contributed by atoms with E-state index in [2.05, 4.69) is 29.4 Å². The Labute approximate surface area is 190 Å². The molecule has 5 rings (SSSR count). The highest BCUT2D eigenvalue weighted by Gasteiger charge is 2.67. The zero-order chi connectivity index (χ0) is 22.8. The van der Waals surface area contributed by atoms with Crippen LogP contribution in [0.5, 0.6) is 0 Å². The Balaban J connectivity index is 1.42. The summed E-state index contributed by atoms with van der Waals surface area (Å²) in [6, 6.07) is 3.40. The molecule has 172 valence electrons.